The number of ether oxygens (including phenoxy) is 1. The third-order valence-electron chi connectivity index (χ3n) is 5.04. The Bertz CT molecular complexity index is 941. The molecule has 3 aromatic rings. The van der Waals surface area contributed by atoms with Gasteiger partial charge in [0.2, 0.25) is 0 Å². The number of hydrogen-bond donors (Lipinski definition) is 0. The number of unbranched alkanes of at least 4 members (excludes halogenated alkanes) is 1. The molecule has 0 saturated carbocycles. The monoisotopic (exact) mass is 530 g/mol. The van der Waals surface area contributed by atoms with Gasteiger partial charge in [0, 0.05) is 27.4 Å². The van der Waals surface area contributed by atoms with Crippen LogP contribution in [0, 0.1) is 0 Å². The molecule has 2 aromatic carbocycles. The second kappa shape index (κ2) is 11.9. The Morgan fingerprint density at radius 2 is 1.48 bits per heavy atom. The number of benzene rings is 2. The molecular formula is C26H28FIN2O. The minimum absolute atomic E-state index is 0.349. The van der Waals surface area contributed by atoms with Gasteiger partial charge in [-0.3, -0.25) is 0 Å². The Labute approximate surface area is 197 Å². The van der Waals surface area contributed by atoms with Crippen molar-refractivity contribution >= 4 is 22.6 Å². The van der Waals surface area contributed by atoms with Crippen LogP contribution in [0.4, 0.5) is 4.39 Å². The normalized spacial score (nSPS) is 12.9. The van der Waals surface area contributed by atoms with E-state index in [0.717, 1.165) is 53.1 Å². The SMILES string of the molecule is C=CCOc1ccc(-c2ccc(-c3ncc(C(I)CCCCC(C)F)cn3)cc2)cc1. The number of rotatable bonds is 11. The molecule has 162 valence electrons. The van der Waals surface area contributed by atoms with E-state index in [-0.39, 0.29) is 0 Å². The fourth-order valence-electron chi connectivity index (χ4n) is 3.28. The van der Waals surface area contributed by atoms with Gasteiger partial charge in [-0.1, -0.05) is 84.5 Å². The largest absolute Gasteiger partial charge is 0.490 e. The fraction of sp³-hybridized carbons (Fsp3) is 0.308. The zero-order valence-electron chi connectivity index (χ0n) is 17.8. The van der Waals surface area contributed by atoms with Crippen molar-refractivity contribution in [2.45, 2.75) is 42.7 Å². The maximum Gasteiger partial charge on any atom is 0.159 e. The van der Waals surface area contributed by atoms with Gasteiger partial charge in [-0.15, -0.1) is 0 Å². The standard InChI is InChI=1S/C26H28FIN2O/c1-3-16-31-24-14-12-21(13-15-24)20-8-10-22(11-9-20)26-29-17-23(18-30-26)25(28)7-5-4-6-19(2)27/h3,8-15,17-19,25H,1,4-7,16H2,2H3. The van der Waals surface area contributed by atoms with Crippen LogP contribution in [0.2, 0.25) is 0 Å². The van der Waals surface area contributed by atoms with Crippen molar-refractivity contribution < 1.29 is 9.13 Å². The first kappa shape index (κ1) is 23.4. The topological polar surface area (TPSA) is 35.0 Å². The molecule has 0 amide bonds. The first-order valence-electron chi connectivity index (χ1n) is 10.6. The molecule has 0 aliphatic heterocycles. The van der Waals surface area contributed by atoms with Gasteiger partial charge in [0.1, 0.15) is 12.4 Å². The van der Waals surface area contributed by atoms with Gasteiger partial charge in [0.15, 0.2) is 5.82 Å². The Hall–Kier alpha value is -2.28. The van der Waals surface area contributed by atoms with Gasteiger partial charge in [-0.05, 0) is 43.0 Å². The molecule has 0 radical (unpaired) electrons. The Balaban J connectivity index is 1.60. The predicted octanol–water partition coefficient (Wildman–Crippen LogP) is 7.77. The minimum Gasteiger partial charge on any atom is -0.490 e. The summed E-state index contributed by atoms with van der Waals surface area (Å²) in [4.78, 5) is 9.14. The third kappa shape index (κ3) is 7.13. The van der Waals surface area contributed by atoms with Gasteiger partial charge in [-0.2, -0.15) is 0 Å². The lowest BCUT2D eigenvalue weighted by molar-refractivity contribution is 0.330. The Morgan fingerprint density at radius 1 is 0.935 bits per heavy atom. The van der Waals surface area contributed by atoms with E-state index < -0.39 is 6.17 Å². The predicted molar refractivity (Wildman–Crippen MR) is 134 cm³/mol. The lowest BCUT2D eigenvalue weighted by atomic mass is 10.0. The average molecular weight is 530 g/mol. The zero-order chi connectivity index (χ0) is 22.1. The molecule has 0 fully saturated rings. The summed E-state index contributed by atoms with van der Waals surface area (Å²) < 4.78 is 18.8. The van der Waals surface area contributed by atoms with E-state index >= 15 is 0 Å². The second-order valence-electron chi connectivity index (χ2n) is 7.57. The van der Waals surface area contributed by atoms with E-state index in [9.17, 15) is 4.39 Å². The van der Waals surface area contributed by atoms with Gasteiger partial charge < -0.3 is 4.74 Å². The number of hydrogen-bond acceptors (Lipinski definition) is 3. The van der Waals surface area contributed by atoms with E-state index in [0.29, 0.717) is 17.0 Å². The van der Waals surface area contributed by atoms with Crippen molar-refractivity contribution in [1.29, 1.82) is 0 Å². The van der Waals surface area contributed by atoms with Crippen LogP contribution >= 0.6 is 22.6 Å². The summed E-state index contributed by atoms with van der Waals surface area (Å²) in [6.07, 6.45) is 8.44. The summed E-state index contributed by atoms with van der Waals surface area (Å²) in [5.74, 6) is 1.55. The molecule has 0 bridgehead atoms. The highest BCUT2D eigenvalue weighted by Gasteiger charge is 2.10. The highest BCUT2D eigenvalue weighted by Crippen LogP contribution is 2.30. The lowest BCUT2D eigenvalue weighted by Gasteiger charge is -2.10. The fourth-order valence-corrected chi connectivity index (χ4v) is 4.04. The average Bonchev–Trinajstić information content (AvgIpc) is 2.81. The molecule has 2 unspecified atom stereocenters. The summed E-state index contributed by atoms with van der Waals surface area (Å²) in [7, 11) is 0. The van der Waals surface area contributed by atoms with Gasteiger partial charge >= 0.3 is 0 Å². The number of nitrogens with zero attached hydrogens (tertiary/aromatic N) is 2. The molecular weight excluding hydrogens is 502 g/mol. The molecule has 31 heavy (non-hydrogen) atoms. The number of halogens is 2. The molecule has 3 nitrogen and oxygen atoms in total. The van der Waals surface area contributed by atoms with E-state index in [1.165, 1.54) is 0 Å². The zero-order valence-corrected chi connectivity index (χ0v) is 20.0. The van der Waals surface area contributed by atoms with Crippen molar-refractivity contribution in [2.75, 3.05) is 6.61 Å². The van der Waals surface area contributed by atoms with Crippen LogP contribution in [-0.4, -0.2) is 22.7 Å². The Morgan fingerprint density at radius 3 is 2.06 bits per heavy atom. The molecule has 0 saturated heterocycles. The molecule has 0 spiro atoms. The molecule has 2 atom stereocenters. The van der Waals surface area contributed by atoms with Crippen molar-refractivity contribution in [1.82, 2.24) is 9.97 Å². The van der Waals surface area contributed by atoms with E-state index in [2.05, 4.69) is 51.3 Å². The third-order valence-corrected chi connectivity index (χ3v) is 6.38. The van der Waals surface area contributed by atoms with Gasteiger partial charge in [-0.25, -0.2) is 14.4 Å². The number of alkyl halides is 2. The smallest absolute Gasteiger partial charge is 0.159 e. The van der Waals surface area contributed by atoms with Crippen LogP contribution in [0.5, 0.6) is 5.75 Å². The summed E-state index contributed by atoms with van der Waals surface area (Å²) in [6, 6.07) is 16.3. The lowest BCUT2D eigenvalue weighted by Crippen LogP contribution is -1.97. The van der Waals surface area contributed by atoms with E-state index in [1.54, 1.807) is 13.0 Å². The Kier molecular flexibility index (Phi) is 9.00. The van der Waals surface area contributed by atoms with Crippen LogP contribution in [0.25, 0.3) is 22.5 Å². The summed E-state index contributed by atoms with van der Waals surface area (Å²) in [6.45, 7) is 5.79. The van der Waals surface area contributed by atoms with E-state index in [1.807, 2.05) is 48.8 Å². The molecule has 3 rings (SSSR count). The van der Waals surface area contributed by atoms with Crippen LogP contribution in [0.15, 0.2) is 73.6 Å². The maximum atomic E-state index is 12.9. The molecule has 0 N–H and O–H groups in total. The quantitative estimate of drug-likeness (QED) is 0.110. The first-order valence-corrected chi connectivity index (χ1v) is 11.9. The van der Waals surface area contributed by atoms with Gasteiger partial charge in [0.25, 0.3) is 0 Å². The highest BCUT2D eigenvalue weighted by molar-refractivity contribution is 14.1. The molecule has 1 aromatic heterocycles. The van der Waals surface area contributed by atoms with Crippen LogP contribution in [0.3, 0.4) is 0 Å². The van der Waals surface area contributed by atoms with Crippen LogP contribution < -0.4 is 4.74 Å². The summed E-state index contributed by atoms with van der Waals surface area (Å²) in [5.41, 5.74) is 4.37. The van der Waals surface area contributed by atoms with E-state index in [4.69, 9.17) is 4.74 Å². The van der Waals surface area contributed by atoms with Gasteiger partial charge in [0.05, 0.1) is 6.17 Å². The molecule has 5 heteroatoms. The van der Waals surface area contributed by atoms with Crippen molar-refractivity contribution in [3.05, 3.63) is 79.1 Å². The highest BCUT2D eigenvalue weighted by atomic mass is 127. The van der Waals surface area contributed by atoms with Crippen molar-refractivity contribution in [3.8, 4) is 28.3 Å². The van der Waals surface area contributed by atoms with Crippen molar-refractivity contribution in [2.24, 2.45) is 0 Å². The van der Waals surface area contributed by atoms with Crippen LogP contribution in [-0.2, 0) is 0 Å². The summed E-state index contributed by atoms with van der Waals surface area (Å²) >= 11 is 2.42. The minimum atomic E-state index is -0.711. The maximum absolute atomic E-state index is 12.9. The molecule has 0 aliphatic carbocycles. The van der Waals surface area contributed by atoms with Crippen molar-refractivity contribution in [3.63, 3.8) is 0 Å². The molecule has 0 aliphatic rings. The van der Waals surface area contributed by atoms with Crippen LogP contribution in [0.1, 0.15) is 42.1 Å². The second-order valence-corrected chi connectivity index (χ2v) is 9.08. The number of aromatic nitrogens is 2. The first-order chi connectivity index (χ1) is 15.1. The summed E-state index contributed by atoms with van der Waals surface area (Å²) in [5, 5.41) is 0. The molecule has 1 heterocycles.